The third kappa shape index (κ3) is 2.72. The van der Waals surface area contributed by atoms with E-state index in [9.17, 15) is 17.6 Å². The predicted molar refractivity (Wildman–Crippen MR) is 65.5 cm³/mol. The molecule has 0 unspecified atom stereocenters. The fourth-order valence-electron chi connectivity index (χ4n) is 2.70. The highest BCUT2D eigenvalue weighted by Crippen LogP contribution is 2.34. The maximum Gasteiger partial charge on any atom is 0.253 e. The van der Waals surface area contributed by atoms with Crippen molar-refractivity contribution in [1.29, 1.82) is 0 Å². The molecule has 1 aliphatic heterocycles. The number of halogens is 4. The van der Waals surface area contributed by atoms with Gasteiger partial charge >= 0.3 is 0 Å². The summed E-state index contributed by atoms with van der Waals surface area (Å²) in [5.74, 6) is -6.28. The highest BCUT2D eigenvalue weighted by molar-refractivity contribution is 5.49. The molecule has 2 heterocycles. The number of aromatic nitrogens is 1. The van der Waals surface area contributed by atoms with Gasteiger partial charge in [-0.05, 0) is 27.7 Å². The summed E-state index contributed by atoms with van der Waals surface area (Å²) in [4.78, 5) is 3.81. The average molecular weight is 292 g/mol. The number of rotatable bonds is 1. The Morgan fingerprint density at radius 1 is 0.900 bits per heavy atom. The molecule has 1 saturated heterocycles. The Kier molecular flexibility index (Phi) is 3.44. The summed E-state index contributed by atoms with van der Waals surface area (Å²) in [5, 5.41) is 0. The summed E-state index contributed by atoms with van der Waals surface area (Å²) in [7, 11) is 0. The quantitative estimate of drug-likeness (QED) is 0.587. The zero-order valence-electron chi connectivity index (χ0n) is 11.7. The topological polar surface area (TPSA) is 25.4 Å². The van der Waals surface area contributed by atoms with Crippen LogP contribution in [-0.2, 0) is 4.74 Å². The molecule has 2 rings (SSSR count). The van der Waals surface area contributed by atoms with Gasteiger partial charge in [-0.2, -0.15) is 22.5 Å². The van der Waals surface area contributed by atoms with Gasteiger partial charge in [-0.1, -0.05) is 0 Å². The second-order valence-electron chi connectivity index (χ2n) is 6.15. The smallest absolute Gasteiger partial charge is 0.253 e. The van der Waals surface area contributed by atoms with E-state index < -0.39 is 40.4 Å². The zero-order chi connectivity index (χ0) is 15.3. The highest BCUT2D eigenvalue weighted by Gasteiger charge is 2.40. The molecule has 0 spiro atoms. The van der Waals surface area contributed by atoms with Crippen molar-refractivity contribution in [2.45, 2.75) is 38.9 Å². The molecule has 0 N–H and O–H groups in total. The summed E-state index contributed by atoms with van der Waals surface area (Å²) in [6.45, 7) is 7.17. The van der Waals surface area contributed by atoms with Crippen LogP contribution in [0.15, 0.2) is 0 Å². The van der Waals surface area contributed by atoms with Crippen LogP contribution in [0.5, 0.6) is 0 Å². The maximum absolute atomic E-state index is 13.8. The molecule has 1 fully saturated rings. The van der Waals surface area contributed by atoms with Crippen molar-refractivity contribution in [2.75, 3.05) is 18.0 Å². The first-order chi connectivity index (χ1) is 9.02. The maximum atomic E-state index is 13.8. The lowest BCUT2D eigenvalue weighted by molar-refractivity contribution is -0.133. The van der Waals surface area contributed by atoms with Gasteiger partial charge in [-0.3, -0.25) is 0 Å². The van der Waals surface area contributed by atoms with Crippen LogP contribution < -0.4 is 4.90 Å². The van der Waals surface area contributed by atoms with E-state index in [0.717, 1.165) is 0 Å². The minimum atomic E-state index is -1.65. The van der Waals surface area contributed by atoms with Gasteiger partial charge in [0.05, 0.1) is 11.2 Å². The van der Waals surface area contributed by atoms with Gasteiger partial charge < -0.3 is 9.64 Å². The average Bonchev–Trinajstić information content (AvgIpc) is 2.22. The molecule has 0 saturated carbocycles. The molecule has 0 radical (unpaired) electrons. The zero-order valence-corrected chi connectivity index (χ0v) is 11.7. The number of ether oxygens (including phenoxy) is 1. The molecule has 0 aliphatic carbocycles. The van der Waals surface area contributed by atoms with Crippen LogP contribution in [0.2, 0.25) is 0 Å². The van der Waals surface area contributed by atoms with Gasteiger partial charge in [-0.25, -0.2) is 0 Å². The first-order valence-corrected chi connectivity index (χ1v) is 6.17. The summed E-state index contributed by atoms with van der Waals surface area (Å²) in [6, 6.07) is 0. The van der Waals surface area contributed by atoms with E-state index in [2.05, 4.69) is 4.98 Å². The molecule has 0 aromatic carbocycles. The van der Waals surface area contributed by atoms with Crippen molar-refractivity contribution in [3.8, 4) is 0 Å². The largest absolute Gasteiger partial charge is 0.366 e. The molecule has 20 heavy (non-hydrogen) atoms. The summed E-state index contributed by atoms with van der Waals surface area (Å²) >= 11 is 0. The molecular weight excluding hydrogens is 276 g/mol. The van der Waals surface area contributed by atoms with Crippen molar-refractivity contribution in [3.05, 3.63) is 23.5 Å². The Morgan fingerprint density at radius 3 is 1.70 bits per heavy atom. The number of pyridine rings is 1. The van der Waals surface area contributed by atoms with E-state index in [4.69, 9.17) is 4.74 Å². The molecule has 1 aromatic rings. The van der Waals surface area contributed by atoms with Crippen LogP contribution in [0.3, 0.4) is 0 Å². The van der Waals surface area contributed by atoms with Crippen molar-refractivity contribution in [3.63, 3.8) is 0 Å². The van der Waals surface area contributed by atoms with E-state index in [0.29, 0.717) is 0 Å². The van der Waals surface area contributed by atoms with Crippen LogP contribution in [0.1, 0.15) is 27.7 Å². The van der Waals surface area contributed by atoms with Crippen molar-refractivity contribution in [2.24, 2.45) is 0 Å². The van der Waals surface area contributed by atoms with Crippen molar-refractivity contribution < 1.29 is 22.3 Å². The normalized spacial score (nSPS) is 21.1. The molecule has 3 nitrogen and oxygen atoms in total. The van der Waals surface area contributed by atoms with Crippen LogP contribution in [0.4, 0.5) is 23.2 Å². The van der Waals surface area contributed by atoms with Gasteiger partial charge in [0.15, 0.2) is 0 Å². The third-order valence-corrected chi connectivity index (χ3v) is 2.99. The summed E-state index contributed by atoms with van der Waals surface area (Å²) in [6.07, 6.45) is 0. The first-order valence-electron chi connectivity index (χ1n) is 6.17. The SMILES string of the molecule is CC1(C)CN(c2c(F)c(F)nc(F)c2F)CC(C)(C)O1. The third-order valence-electron chi connectivity index (χ3n) is 2.99. The summed E-state index contributed by atoms with van der Waals surface area (Å²) < 4.78 is 59.8. The van der Waals surface area contributed by atoms with E-state index >= 15 is 0 Å². The van der Waals surface area contributed by atoms with Crippen LogP contribution in [-0.4, -0.2) is 29.3 Å². The number of anilines is 1. The lowest BCUT2D eigenvalue weighted by atomic mass is 9.98. The van der Waals surface area contributed by atoms with E-state index in [1.54, 1.807) is 27.7 Å². The molecule has 1 aromatic heterocycles. The Morgan fingerprint density at radius 2 is 1.30 bits per heavy atom. The molecule has 0 bridgehead atoms. The van der Waals surface area contributed by atoms with Crippen LogP contribution in [0.25, 0.3) is 0 Å². The number of hydrogen-bond donors (Lipinski definition) is 0. The number of morpholine rings is 1. The standard InChI is InChI=1S/C13H16F4N2O/c1-12(2)5-19(6-13(3,4)20-12)9-7(14)10(16)18-11(17)8(9)15/h5-6H2,1-4H3. The van der Waals surface area contributed by atoms with E-state index in [1.807, 2.05) is 0 Å². The van der Waals surface area contributed by atoms with E-state index in [1.165, 1.54) is 4.90 Å². The van der Waals surface area contributed by atoms with Gasteiger partial charge in [0.1, 0.15) is 5.69 Å². The lowest BCUT2D eigenvalue weighted by Gasteiger charge is -2.48. The lowest BCUT2D eigenvalue weighted by Crippen LogP contribution is -2.57. The second kappa shape index (κ2) is 4.58. The van der Waals surface area contributed by atoms with Gasteiger partial charge in [-0.15, -0.1) is 0 Å². The van der Waals surface area contributed by atoms with Crippen molar-refractivity contribution in [1.82, 2.24) is 4.98 Å². The minimum Gasteiger partial charge on any atom is -0.366 e. The fourth-order valence-corrected chi connectivity index (χ4v) is 2.70. The number of nitrogens with zero attached hydrogens (tertiary/aromatic N) is 2. The summed E-state index contributed by atoms with van der Waals surface area (Å²) in [5.41, 5.74) is -2.16. The Balaban J connectivity index is 2.51. The molecular formula is C13H16F4N2O. The highest BCUT2D eigenvalue weighted by atomic mass is 19.2. The minimum absolute atomic E-state index is 0.104. The molecule has 0 atom stereocenters. The van der Waals surface area contributed by atoms with E-state index in [-0.39, 0.29) is 13.1 Å². The van der Waals surface area contributed by atoms with Gasteiger partial charge in [0, 0.05) is 13.1 Å². The molecule has 112 valence electrons. The number of hydrogen-bond acceptors (Lipinski definition) is 3. The molecule has 7 heteroatoms. The Bertz CT molecular complexity index is 503. The van der Waals surface area contributed by atoms with Crippen LogP contribution >= 0.6 is 0 Å². The van der Waals surface area contributed by atoms with Gasteiger partial charge in [0.2, 0.25) is 11.6 Å². The predicted octanol–water partition coefficient (Wildman–Crippen LogP) is 3.03. The Hall–Kier alpha value is -1.37. The first kappa shape index (κ1) is 15.0. The molecule has 0 amide bonds. The van der Waals surface area contributed by atoms with Crippen LogP contribution in [0, 0.1) is 23.5 Å². The Labute approximate surface area is 114 Å². The van der Waals surface area contributed by atoms with Crippen molar-refractivity contribution >= 4 is 5.69 Å². The monoisotopic (exact) mass is 292 g/mol. The van der Waals surface area contributed by atoms with Gasteiger partial charge in [0.25, 0.3) is 11.9 Å². The molecule has 1 aliphatic rings. The fraction of sp³-hybridized carbons (Fsp3) is 0.615. The second-order valence-corrected chi connectivity index (χ2v) is 6.15.